The van der Waals surface area contributed by atoms with Crippen molar-refractivity contribution >= 4 is 20.8 Å². The van der Waals surface area contributed by atoms with Gasteiger partial charge in [0.15, 0.2) is 35.1 Å². The molecule has 10 N–H and O–H groups in total. The Hall–Kier alpha value is -3.80. The summed E-state index contributed by atoms with van der Waals surface area (Å²) in [6.07, 6.45) is -18.7. The number of ether oxygens (including phenoxy) is 5. The number of aliphatic hydroxyl groups excluding tert-OH is 7. The molecule has 2 aliphatic rings. The van der Waals surface area contributed by atoms with Crippen molar-refractivity contribution < 1.29 is 87.6 Å². The largest absolute Gasteiger partial charge is 0.507 e. The smallest absolute Gasteiger partial charge is 0.239 e. The molecule has 19 nitrogen and oxygen atoms in total. The number of sulfone groups is 1. The van der Waals surface area contributed by atoms with Crippen molar-refractivity contribution in [2.24, 2.45) is 0 Å². The van der Waals surface area contributed by atoms with E-state index in [0.717, 1.165) is 18.2 Å². The number of phenolic OH excluding ortho intramolecular Hbond substituents is 3. The second kappa shape index (κ2) is 13.6. The number of rotatable bonds is 9. The molecule has 3 heterocycles. The molecule has 2 saturated heterocycles. The van der Waals surface area contributed by atoms with E-state index in [1.807, 2.05) is 0 Å². The van der Waals surface area contributed by atoms with E-state index in [-0.39, 0.29) is 16.9 Å². The zero-order valence-electron chi connectivity index (χ0n) is 24.6. The molecule has 20 heteroatoms. The van der Waals surface area contributed by atoms with Gasteiger partial charge in [0.25, 0.3) is 0 Å². The molecule has 10 atom stereocenters. The average molecular weight is 705 g/mol. The highest BCUT2D eigenvalue weighted by molar-refractivity contribution is 7.91. The third-order valence-corrected chi connectivity index (χ3v) is 9.25. The average Bonchev–Trinajstić information content (AvgIpc) is 3.05. The van der Waals surface area contributed by atoms with E-state index >= 15 is 0 Å². The van der Waals surface area contributed by atoms with Crippen LogP contribution in [-0.4, -0.2) is 140 Å². The molecule has 0 radical (unpaired) electrons. The van der Waals surface area contributed by atoms with Gasteiger partial charge in [-0.2, -0.15) is 0 Å². The molecule has 3 aromatic rings. The molecule has 0 unspecified atom stereocenters. The molecular formula is C28H32O19S. The van der Waals surface area contributed by atoms with Gasteiger partial charge in [-0.25, -0.2) is 8.42 Å². The van der Waals surface area contributed by atoms with Crippen molar-refractivity contribution in [2.45, 2.75) is 60.7 Å². The number of methoxy groups -OCH3 is 1. The normalized spacial score (nSPS) is 31.1. The zero-order valence-corrected chi connectivity index (χ0v) is 25.4. The molecule has 0 saturated carbocycles. The fraction of sp³-hybridized carbons (Fsp3) is 0.464. The van der Waals surface area contributed by atoms with Crippen molar-refractivity contribution in [3.8, 4) is 40.1 Å². The van der Waals surface area contributed by atoms with Crippen LogP contribution < -0.4 is 14.9 Å². The molecule has 2 aliphatic heterocycles. The summed E-state index contributed by atoms with van der Waals surface area (Å²) in [6.45, 7) is -0.930. The Morgan fingerprint density at radius 2 is 1.52 bits per heavy atom. The van der Waals surface area contributed by atoms with Gasteiger partial charge in [0.2, 0.25) is 27.3 Å². The number of aliphatic hydroxyl groups is 7. The highest BCUT2D eigenvalue weighted by Crippen LogP contribution is 2.40. The first kappa shape index (κ1) is 35.5. The molecule has 0 aliphatic carbocycles. The first-order chi connectivity index (χ1) is 22.6. The summed E-state index contributed by atoms with van der Waals surface area (Å²) < 4.78 is 57.8. The molecule has 0 bridgehead atoms. The lowest BCUT2D eigenvalue weighted by Crippen LogP contribution is -2.65. The molecule has 0 spiro atoms. The van der Waals surface area contributed by atoms with Crippen LogP contribution in [0.2, 0.25) is 0 Å². The van der Waals surface area contributed by atoms with Crippen LogP contribution in [0.4, 0.5) is 0 Å². The third-order valence-electron chi connectivity index (χ3n) is 7.79. The first-order valence-electron chi connectivity index (χ1n) is 14.0. The van der Waals surface area contributed by atoms with Crippen molar-refractivity contribution in [1.82, 2.24) is 0 Å². The Morgan fingerprint density at radius 3 is 2.15 bits per heavy atom. The SMILES string of the molecule is COc1cc(O)c2c(=O)c(O[C@@H]3O[C@H](CO)[C@@H](O)[C@H](O)[C@H]3O[C@H]3O[C@H](S(=O)(=O)CO)[C@@H](O)[C@@H](O)[C@H]3O)c(-c3ccc(O)c(O)c3)oc2c1. The Kier molecular flexibility index (Phi) is 10.1. The minimum atomic E-state index is -4.68. The second-order valence-electron chi connectivity index (χ2n) is 10.9. The van der Waals surface area contributed by atoms with Crippen LogP contribution in [0.15, 0.2) is 39.5 Å². The number of phenols is 3. The summed E-state index contributed by atoms with van der Waals surface area (Å²) in [6, 6.07) is 5.56. The van der Waals surface area contributed by atoms with Crippen molar-refractivity contribution in [3.05, 3.63) is 40.6 Å². The standard InChI is InChI=1S/C28H32O19S/c1-42-10-5-13(33)16-14(6-10)43-23(9-2-3-11(31)12(32)4-9)24(18(16)35)45-27-25(20(37)17(34)15(7-29)44-27)46-26-21(38)19(36)22(39)28(47-26)48(40,41)8-30/h2-6,15,17,19-22,25-34,36-39H,7-8H2,1H3/t15-,17-,19+,20+,21-,22+,25-,26+,27+,28-/m1/s1. The number of hydrogen-bond donors (Lipinski definition) is 10. The van der Waals surface area contributed by atoms with Crippen LogP contribution >= 0.6 is 0 Å². The highest BCUT2D eigenvalue weighted by atomic mass is 32.2. The number of aromatic hydroxyl groups is 3. The fourth-order valence-corrected chi connectivity index (χ4v) is 6.22. The van der Waals surface area contributed by atoms with E-state index in [2.05, 4.69) is 0 Å². The van der Waals surface area contributed by atoms with Gasteiger partial charge < -0.3 is 79.2 Å². The molecule has 1 aromatic heterocycles. The van der Waals surface area contributed by atoms with Gasteiger partial charge in [-0.05, 0) is 18.2 Å². The van der Waals surface area contributed by atoms with Gasteiger partial charge in [-0.3, -0.25) is 4.79 Å². The van der Waals surface area contributed by atoms with E-state index in [1.54, 1.807) is 0 Å². The molecular weight excluding hydrogens is 672 g/mol. The Balaban J connectivity index is 1.62. The van der Waals surface area contributed by atoms with Crippen LogP contribution in [0.25, 0.3) is 22.3 Å². The summed E-state index contributed by atoms with van der Waals surface area (Å²) in [7, 11) is -3.40. The summed E-state index contributed by atoms with van der Waals surface area (Å²) in [5.74, 6) is -4.55. The second-order valence-corrected chi connectivity index (χ2v) is 12.9. The van der Waals surface area contributed by atoms with E-state index in [0.29, 0.717) is 0 Å². The van der Waals surface area contributed by atoms with Crippen molar-refractivity contribution in [2.75, 3.05) is 19.7 Å². The van der Waals surface area contributed by atoms with Crippen LogP contribution in [0.5, 0.6) is 28.7 Å². The van der Waals surface area contributed by atoms with E-state index in [9.17, 15) is 64.3 Å². The van der Waals surface area contributed by atoms with Gasteiger partial charge in [-0.15, -0.1) is 0 Å². The lowest BCUT2D eigenvalue weighted by atomic mass is 9.98. The van der Waals surface area contributed by atoms with Crippen LogP contribution in [0.3, 0.4) is 0 Å². The van der Waals surface area contributed by atoms with Crippen LogP contribution in [0, 0.1) is 0 Å². The number of hydrogen-bond acceptors (Lipinski definition) is 19. The Morgan fingerprint density at radius 1 is 0.812 bits per heavy atom. The molecule has 264 valence electrons. The van der Waals surface area contributed by atoms with Gasteiger partial charge in [0.1, 0.15) is 65.0 Å². The summed E-state index contributed by atoms with van der Waals surface area (Å²) in [5.41, 5.74) is -3.75. The van der Waals surface area contributed by atoms with Gasteiger partial charge in [0, 0.05) is 17.7 Å². The first-order valence-corrected chi connectivity index (χ1v) is 15.7. The monoisotopic (exact) mass is 704 g/mol. The molecule has 48 heavy (non-hydrogen) atoms. The van der Waals surface area contributed by atoms with E-state index in [4.69, 9.17) is 28.1 Å². The summed E-state index contributed by atoms with van der Waals surface area (Å²) in [4.78, 5) is 13.9. The fourth-order valence-electron chi connectivity index (χ4n) is 5.20. The maximum Gasteiger partial charge on any atom is 0.239 e. The van der Waals surface area contributed by atoms with Crippen LogP contribution in [-0.2, 0) is 24.0 Å². The number of benzene rings is 2. The summed E-state index contributed by atoms with van der Waals surface area (Å²) in [5, 5.41) is 102. The predicted molar refractivity (Wildman–Crippen MR) is 155 cm³/mol. The molecule has 2 aromatic carbocycles. The van der Waals surface area contributed by atoms with Crippen molar-refractivity contribution in [3.63, 3.8) is 0 Å². The maximum atomic E-state index is 13.9. The van der Waals surface area contributed by atoms with Gasteiger partial charge >= 0.3 is 0 Å². The quantitative estimate of drug-likeness (QED) is 0.0987. The van der Waals surface area contributed by atoms with Crippen molar-refractivity contribution in [1.29, 1.82) is 0 Å². The summed E-state index contributed by atoms with van der Waals surface area (Å²) >= 11 is 0. The molecule has 0 amide bonds. The minimum absolute atomic E-state index is 0.0724. The zero-order chi connectivity index (χ0) is 35.2. The third kappa shape index (κ3) is 6.35. The molecule has 5 rings (SSSR count). The molecule has 2 fully saturated rings. The van der Waals surface area contributed by atoms with Gasteiger partial charge in [0.05, 0.1) is 13.7 Å². The highest BCUT2D eigenvalue weighted by Gasteiger charge is 2.54. The topological polar surface area (TPSA) is 313 Å². The van der Waals surface area contributed by atoms with E-state index in [1.165, 1.54) is 19.2 Å². The predicted octanol–water partition coefficient (Wildman–Crippen LogP) is -3.08. The maximum absolute atomic E-state index is 13.9. The van der Waals surface area contributed by atoms with Crippen LogP contribution in [0.1, 0.15) is 0 Å². The number of fused-ring (bicyclic) bond motifs is 1. The van der Waals surface area contributed by atoms with Gasteiger partial charge in [-0.1, -0.05) is 0 Å². The Bertz CT molecular complexity index is 1810. The lowest BCUT2D eigenvalue weighted by Gasteiger charge is -2.45. The Labute approximate surface area is 269 Å². The minimum Gasteiger partial charge on any atom is -0.507 e. The lowest BCUT2D eigenvalue weighted by molar-refractivity contribution is -0.349. The van der Waals surface area contributed by atoms with E-state index < -0.39 is 123 Å².